The van der Waals surface area contributed by atoms with E-state index in [-0.39, 0.29) is 25.3 Å². The molecule has 8 nitrogen and oxygen atoms in total. The number of carbonyl (C=O) groups is 2. The van der Waals surface area contributed by atoms with E-state index in [1.54, 1.807) is 0 Å². The van der Waals surface area contributed by atoms with Crippen molar-refractivity contribution >= 4 is 23.0 Å². The van der Waals surface area contributed by atoms with Gasteiger partial charge in [-0.1, -0.05) is 0 Å². The highest BCUT2D eigenvalue weighted by atomic mass is 32.2. The molecule has 9 heteroatoms. The van der Waals surface area contributed by atoms with E-state index in [0.717, 1.165) is 22.5 Å². The largest absolute Gasteiger partial charge is 0.445 e. The maximum absolute atomic E-state index is 11.9. The Kier molecular flexibility index (Phi) is 6.69. The van der Waals surface area contributed by atoms with Gasteiger partial charge in [0.25, 0.3) is 0 Å². The van der Waals surface area contributed by atoms with E-state index in [1.165, 1.54) is 0 Å². The second kappa shape index (κ2) is 8.57. The topological polar surface area (TPSA) is 98.7 Å². The van der Waals surface area contributed by atoms with E-state index in [2.05, 4.69) is 10.6 Å². The summed E-state index contributed by atoms with van der Waals surface area (Å²) in [4.78, 5) is 23.6. The molecule has 2 N–H and O–H groups in total. The maximum atomic E-state index is 11.9. The van der Waals surface area contributed by atoms with Crippen molar-refractivity contribution in [1.82, 2.24) is 15.2 Å². The van der Waals surface area contributed by atoms with Crippen LogP contribution in [-0.4, -0.2) is 33.0 Å². The molecule has 0 aliphatic carbocycles. The zero-order valence-corrected chi connectivity index (χ0v) is 16.7. The Bertz CT molecular complexity index is 712. The van der Waals surface area contributed by atoms with Gasteiger partial charge in [-0.3, -0.25) is 4.21 Å². The normalized spacial score (nSPS) is 15.9. The average Bonchev–Trinajstić information content (AvgIpc) is 2.99. The van der Waals surface area contributed by atoms with E-state index >= 15 is 0 Å². The van der Waals surface area contributed by atoms with Crippen molar-refractivity contribution in [2.75, 3.05) is 0 Å². The lowest BCUT2D eigenvalue weighted by Gasteiger charge is -2.13. The minimum Gasteiger partial charge on any atom is -0.445 e. The van der Waals surface area contributed by atoms with E-state index in [0.29, 0.717) is 11.6 Å². The molecule has 0 saturated heterocycles. The molecule has 2 rings (SSSR count). The summed E-state index contributed by atoms with van der Waals surface area (Å²) >= 11 is 0. The lowest BCUT2D eigenvalue weighted by Crippen LogP contribution is -2.31. The lowest BCUT2D eigenvalue weighted by molar-refractivity contribution is 0.129. The van der Waals surface area contributed by atoms with Crippen LogP contribution in [0.1, 0.15) is 50.2 Å². The van der Waals surface area contributed by atoms with Crippen LogP contribution in [0.3, 0.4) is 0 Å². The van der Waals surface area contributed by atoms with Crippen LogP contribution >= 0.6 is 0 Å². The van der Waals surface area contributed by atoms with Gasteiger partial charge in [-0.15, -0.1) is 0 Å². The predicted molar refractivity (Wildman–Crippen MR) is 97.9 cm³/mol. The fourth-order valence-electron chi connectivity index (χ4n) is 2.79. The second-order valence-corrected chi connectivity index (χ2v) is 8.31. The number of hydrogen-bond acceptors (Lipinski definition) is 5. The van der Waals surface area contributed by atoms with E-state index in [4.69, 9.17) is 9.47 Å². The van der Waals surface area contributed by atoms with Gasteiger partial charge in [-0.25, -0.2) is 9.59 Å². The first-order valence-electron chi connectivity index (χ1n) is 8.60. The number of nitrogens with one attached hydrogen (secondary N) is 2. The standard InChI is InChI=1S/C17H27N3O5S/c1-10(2)18-16(21)24-6-13-12(5)20-9-26(23)8-15(20)14(13)7-25-17(22)19-11(3)4/h10-11H,6-9H2,1-5H3,(H,18,21)(H,19,22)/t26-/m1/s1. The Labute approximate surface area is 156 Å². The van der Waals surface area contributed by atoms with Crippen molar-refractivity contribution in [3.63, 3.8) is 0 Å². The van der Waals surface area contributed by atoms with Gasteiger partial charge in [0.15, 0.2) is 0 Å². The van der Waals surface area contributed by atoms with Crippen LogP contribution in [0.5, 0.6) is 0 Å². The fraction of sp³-hybridized carbons (Fsp3) is 0.647. The molecule has 0 saturated carbocycles. The molecule has 0 fully saturated rings. The molecule has 0 radical (unpaired) electrons. The molecule has 146 valence electrons. The summed E-state index contributed by atoms with van der Waals surface area (Å²) in [5.74, 6) is 0.814. The number of aromatic nitrogens is 1. The predicted octanol–water partition coefficient (Wildman–Crippen LogP) is 2.29. The monoisotopic (exact) mass is 385 g/mol. The van der Waals surface area contributed by atoms with Crippen LogP contribution in [0, 0.1) is 6.92 Å². The van der Waals surface area contributed by atoms with Crippen molar-refractivity contribution in [2.24, 2.45) is 0 Å². The minimum atomic E-state index is -0.974. The third-order valence-electron chi connectivity index (χ3n) is 3.96. The van der Waals surface area contributed by atoms with Crippen LogP contribution in [0.4, 0.5) is 9.59 Å². The first-order valence-corrected chi connectivity index (χ1v) is 10.1. The first kappa shape index (κ1) is 20.3. The first-order chi connectivity index (χ1) is 12.2. The highest BCUT2D eigenvalue weighted by Gasteiger charge is 2.28. The number of carbonyl (C=O) groups excluding carboxylic acids is 2. The van der Waals surface area contributed by atoms with Crippen LogP contribution in [0.2, 0.25) is 0 Å². The second-order valence-electron chi connectivity index (χ2n) is 6.88. The highest BCUT2D eigenvalue weighted by Crippen LogP contribution is 2.30. The number of nitrogens with zero attached hydrogens (tertiary/aromatic N) is 1. The summed E-state index contributed by atoms with van der Waals surface area (Å²) in [6, 6.07) is -0.0494. The minimum absolute atomic E-state index is 0.0207. The van der Waals surface area contributed by atoms with Gasteiger partial charge in [-0.05, 0) is 34.6 Å². The van der Waals surface area contributed by atoms with Crippen LogP contribution in [0.15, 0.2) is 0 Å². The maximum Gasteiger partial charge on any atom is 0.407 e. The Morgan fingerprint density at radius 3 is 2.04 bits per heavy atom. The molecule has 0 bridgehead atoms. The molecule has 2 heterocycles. The van der Waals surface area contributed by atoms with Gasteiger partial charge in [0.2, 0.25) is 0 Å². The van der Waals surface area contributed by atoms with Crippen molar-refractivity contribution in [1.29, 1.82) is 0 Å². The third kappa shape index (κ3) is 5.00. The van der Waals surface area contributed by atoms with E-state index in [1.807, 2.05) is 39.2 Å². The number of alkyl carbamates (subject to hydrolysis) is 2. The molecular weight excluding hydrogens is 358 g/mol. The van der Waals surface area contributed by atoms with Gasteiger partial charge in [0, 0.05) is 45.4 Å². The van der Waals surface area contributed by atoms with Crippen LogP contribution in [0.25, 0.3) is 0 Å². The smallest absolute Gasteiger partial charge is 0.407 e. The molecule has 26 heavy (non-hydrogen) atoms. The van der Waals surface area contributed by atoms with Crippen molar-refractivity contribution in [3.8, 4) is 0 Å². The highest BCUT2D eigenvalue weighted by molar-refractivity contribution is 7.83. The molecule has 1 atom stereocenters. The van der Waals surface area contributed by atoms with Gasteiger partial charge in [0.05, 0.1) is 11.6 Å². The zero-order chi connectivity index (χ0) is 19.4. The SMILES string of the molecule is Cc1c(COC(=O)NC(C)C)c(COC(=O)NC(C)C)c2n1C[S@](=O)C2. The molecule has 1 aromatic rings. The lowest BCUT2D eigenvalue weighted by atomic mass is 10.1. The summed E-state index contributed by atoms with van der Waals surface area (Å²) in [5.41, 5.74) is 3.32. The Balaban J connectivity index is 2.16. The summed E-state index contributed by atoms with van der Waals surface area (Å²) in [5, 5.41) is 5.33. The van der Waals surface area contributed by atoms with Crippen LogP contribution in [-0.2, 0) is 45.1 Å². The Morgan fingerprint density at radius 2 is 1.54 bits per heavy atom. The molecule has 2 amide bonds. The molecule has 1 aliphatic rings. The molecule has 0 aromatic carbocycles. The number of fused-ring (bicyclic) bond motifs is 1. The number of rotatable bonds is 6. The quantitative estimate of drug-likeness (QED) is 0.783. The third-order valence-corrected chi connectivity index (χ3v) is 5.10. The number of ether oxygens (including phenoxy) is 2. The zero-order valence-electron chi connectivity index (χ0n) is 15.9. The summed E-state index contributed by atoms with van der Waals surface area (Å²) < 4.78 is 24.5. The van der Waals surface area contributed by atoms with Crippen molar-refractivity contribution in [2.45, 2.75) is 71.5 Å². The number of amides is 2. The summed E-state index contributed by atoms with van der Waals surface area (Å²) in [7, 11) is -0.974. The van der Waals surface area contributed by atoms with Gasteiger partial charge >= 0.3 is 12.2 Å². The van der Waals surface area contributed by atoms with Gasteiger partial charge in [-0.2, -0.15) is 0 Å². The molecule has 0 unspecified atom stereocenters. The summed E-state index contributed by atoms with van der Waals surface area (Å²) in [6.45, 7) is 9.39. The molecule has 1 aliphatic heterocycles. The fourth-order valence-corrected chi connectivity index (χ4v) is 4.16. The van der Waals surface area contributed by atoms with E-state index in [9.17, 15) is 13.8 Å². The number of hydrogen-bond donors (Lipinski definition) is 2. The van der Waals surface area contributed by atoms with Gasteiger partial charge < -0.3 is 24.7 Å². The van der Waals surface area contributed by atoms with Crippen molar-refractivity contribution in [3.05, 3.63) is 22.5 Å². The van der Waals surface area contributed by atoms with Gasteiger partial charge in [0.1, 0.15) is 13.2 Å². The van der Waals surface area contributed by atoms with Crippen LogP contribution < -0.4 is 10.6 Å². The average molecular weight is 385 g/mol. The molecule has 0 spiro atoms. The Morgan fingerprint density at radius 1 is 1.04 bits per heavy atom. The summed E-state index contributed by atoms with van der Waals surface area (Å²) in [6.07, 6.45) is -1.01. The molecule has 1 aromatic heterocycles. The van der Waals surface area contributed by atoms with E-state index < -0.39 is 23.0 Å². The Hall–Kier alpha value is -2.03. The molecular formula is C17H27N3O5S. The van der Waals surface area contributed by atoms with Crippen molar-refractivity contribution < 1.29 is 23.3 Å².